The number of amidine groups is 1. The van der Waals surface area contributed by atoms with E-state index >= 15 is 0 Å². The summed E-state index contributed by atoms with van der Waals surface area (Å²) in [7, 11) is 1.51. The number of hydrogen-bond donors (Lipinski definition) is 1. The molecule has 1 aliphatic heterocycles. The summed E-state index contributed by atoms with van der Waals surface area (Å²) in [6.45, 7) is 5.37. The summed E-state index contributed by atoms with van der Waals surface area (Å²) in [5.74, 6) is -0.438. The quantitative estimate of drug-likeness (QED) is 0.860. The van der Waals surface area contributed by atoms with E-state index in [1.54, 1.807) is 26.8 Å². The number of carbonyl (C=O) groups is 1. The van der Waals surface area contributed by atoms with Crippen LogP contribution in [0.15, 0.2) is 39.1 Å². The van der Waals surface area contributed by atoms with Gasteiger partial charge in [-0.25, -0.2) is 14.4 Å². The Hall–Kier alpha value is -2.90. The number of ether oxygens (including phenoxy) is 2. The molecule has 0 fully saturated rings. The second-order valence-electron chi connectivity index (χ2n) is 5.64. The Morgan fingerprint density at radius 1 is 1.33 bits per heavy atom. The number of nitrogens with zero attached hydrogens (tertiary/aromatic N) is 3. The zero-order valence-electron chi connectivity index (χ0n) is 13.9. The van der Waals surface area contributed by atoms with Crippen molar-refractivity contribution in [2.75, 3.05) is 7.11 Å². The summed E-state index contributed by atoms with van der Waals surface area (Å²) in [5, 5.41) is 10.7. The SMILES string of the molecule is COC1=NC(c2cccc3nonc23)C(C(=O)OC(C)C)=C(C)N1. The minimum absolute atomic E-state index is 0.240. The Morgan fingerprint density at radius 3 is 2.83 bits per heavy atom. The molecule has 0 saturated carbocycles. The van der Waals surface area contributed by atoms with Crippen molar-refractivity contribution in [2.24, 2.45) is 4.99 Å². The third-order valence-electron chi connectivity index (χ3n) is 3.59. The Kier molecular flexibility index (Phi) is 4.20. The van der Waals surface area contributed by atoms with E-state index in [9.17, 15) is 4.79 Å². The molecule has 8 nitrogen and oxygen atoms in total. The van der Waals surface area contributed by atoms with Crippen molar-refractivity contribution in [3.8, 4) is 0 Å². The van der Waals surface area contributed by atoms with E-state index in [-0.39, 0.29) is 6.10 Å². The first kappa shape index (κ1) is 16.0. The maximum Gasteiger partial charge on any atom is 0.338 e. The van der Waals surface area contributed by atoms with Crippen molar-refractivity contribution >= 4 is 23.0 Å². The third-order valence-corrected chi connectivity index (χ3v) is 3.59. The molecule has 2 aromatic rings. The largest absolute Gasteiger partial charge is 0.468 e. The first-order valence-corrected chi connectivity index (χ1v) is 7.53. The summed E-state index contributed by atoms with van der Waals surface area (Å²) in [5.41, 5.74) is 2.85. The molecule has 1 unspecified atom stereocenters. The van der Waals surface area contributed by atoms with Crippen LogP contribution in [-0.2, 0) is 14.3 Å². The average molecular weight is 330 g/mol. The number of esters is 1. The van der Waals surface area contributed by atoms with Crippen LogP contribution in [0.1, 0.15) is 32.4 Å². The highest BCUT2D eigenvalue weighted by molar-refractivity contribution is 5.95. The van der Waals surface area contributed by atoms with Gasteiger partial charge in [0.05, 0.1) is 18.8 Å². The summed E-state index contributed by atoms with van der Waals surface area (Å²) in [4.78, 5) is 17.1. The van der Waals surface area contributed by atoms with Crippen molar-refractivity contribution in [1.82, 2.24) is 15.6 Å². The molecule has 1 N–H and O–H groups in total. The van der Waals surface area contributed by atoms with E-state index in [1.165, 1.54) is 7.11 Å². The number of hydrogen-bond acceptors (Lipinski definition) is 8. The van der Waals surface area contributed by atoms with Gasteiger partial charge >= 0.3 is 5.97 Å². The number of aromatic nitrogens is 2. The van der Waals surface area contributed by atoms with Gasteiger partial charge in [-0.15, -0.1) is 0 Å². The Labute approximate surface area is 138 Å². The zero-order chi connectivity index (χ0) is 17.3. The van der Waals surface area contributed by atoms with E-state index in [0.29, 0.717) is 33.9 Å². The van der Waals surface area contributed by atoms with Crippen LogP contribution in [0, 0.1) is 0 Å². The lowest BCUT2D eigenvalue weighted by atomic mass is 9.95. The first-order chi connectivity index (χ1) is 11.5. The van der Waals surface area contributed by atoms with Gasteiger partial charge in [-0.2, -0.15) is 0 Å². The number of methoxy groups -OCH3 is 1. The molecule has 0 bridgehead atoms. The molecule has 2 heterocycles. The van der Waals surface area contributed by atoms with E-state index in [1.807, 2.05) is 12.1 Å². The van der Waals surface area contributed by atoms with Crippen molar-refractivity contribution in [1.29, 1.82) is 0 Å². The lowest BCUT2D eigenvalue weighted by Gasteiger charge is -2.25. The van der Waals surface area contributed by atoms with Crippen molar-refractivity contribution < 1.29 is 18.9 Å². The molecule has 0 radical (unpaired) electrons. The van der Waals surface area contributed by atoms with Crippen LogP contribution in [0.2, 0.25) is 0 Å². The second kappa shape index (κ2) is 6.31. The van der Waals surface area contributed by atoms with Crippen LogP contribution in [0.3, 0.4) is 0 Å². The molecule has 0 spiro atoms. The summed E-state index contributed by atoms with van der Waals surface area (Å²) < 4.78 is 15.4. The molecule has 1 aliphatic rings. The van der Waals surface area contributed by atoms with Crippen LogP contribution >= 0.6 is 0 Å². The molecule has 24 heavy (non-hydrogen) atoms. The number of benzene rings is 1. The molecule has 3 rings (SSSR count). The highest BCUT2D eigenvalue weighted by Gasteiger charge is 2.33. The van der Waals surface area contributed by atoms with Gasteiger partial charge in [-0.1, -0.05) is 12.1 Å². The smallest absolute Gasteiger partial charge is 0.338 e. The van der Waals surface area contributed by atoms with Gasteiger partial charge < -0.3 is 14.8 Å². The van der Waals surface area contributed by atoms with Crippen molar-refractivity contribution in [3.05, 3.63) is 35.0 Å². The van der Waals surface area contributed by atoms with Crippen LogP contribution in [0.4, 0.5) is 0 Å². The highest BCUT2D eigenvalue weighted by Crippen LogP contribution is 2.34. The van der Waals surface area contributed by atoms with Gasteiger partial charge in [0.15, 0.2) is 0 Å². The average Bonchev–Trinajstić information content (AvgIpc) is 3.01. The first-order valence-electron chi connectivity index (χ1n) is 7.53. The molecule has 1 aromatic heterocycles. The van der Waals surface area contributed by atoms with Crippen LogP contribution < -0.4 is 5.32 Å². The van der Waals surface area contributed by atoms with Crippen LogP contribution in [0.25, 0.3) is 11.0 Å². The standard InChI is InChI=1S/C16H18N4O4/c1-8(2)23-15(21)12-9(3)17-16(22-4)18-14(12)10-6-5-7-11-13(10)20-24-19-11/h5-8,14H,1-4H3,(H,17,18). The predicted molar refractivity (Wildman–Crippen MR) is 86.1 cm³/mol. The van der Waals surface area contributed by atoms with Gasteiger partial charge in [0.2, 0.25) is 0 Å². The number of aliphatic imine (C=N–C) groups is 1. The molecule has 0 aliphatic carbocycles. The molecule has 126 valence electrons. The fourth-order valence-electron chi connectivity index (χ4n) is 2.57. The van der Waals surface area contributed by atoms with E-state index < -0.39 is 12.0 Å². The normalized spacial score (nSPS) is 17.7. The van der Waals surface area contributed by atoms with Gasteiger partial charge in [0, 0.05) is 11.3 Å². The monoisotopic (exact) mass is 330 g/mol. The van der Waals surface area contributed by atoms with Crippen molar-refractivity contribution in [3.63, 3.8) is 0 Å². The number of allylic oxidation sites excluding steroid dienone is 1. The van der Waals surface area contributed by atoms with Crippen molar-refractivity contribution in [2.45, 2.75) is 32.9 Å². The van der Waals surface area contributed by atoms with Gasteiger partial charge in [-0.05, 0) is 37.2 Å². The Bertz CT molecular complexity index is 837. The number of carbonyl (C=O) groups excluding carboxylic acids is 1. The lowest BCUT2D eigenvalue weighted by molar-refractivity contribution is -0.143. The maximum atomic E-state index is 12.6. The molecule has 0 amide bonds. The fourth-order valence-corrected chi connectivity index (χ4v) is 2.57. The maximum absolute atomic E-state index is 12.6. The van der Waals surface area contributed by atoms with E-state index in [0.717, 1.165) is 0 Å². The number of nitrogens with one attached hydrogen (secondary N) is 1. The van der Waals surface area contributed by atoms with E-state index in [4.69, 9.17) is 14.1 Å². The number of fused-ring (bicyclic) bond motifs is 1. The fraction of sp³-hybridized carbons (Fsp3) is 0.375. The minimum Gasteiger partial charge on any atom is -0.468 e. The lowest BCUT2D eigenvalue weighted by Crippen LogP contribution is -2.33. The zero-order valence-corrected chi connectivity index (χ0v) is 13.9. The van der Waals surface area contributed by atoms with Crippen LogP contribution in [-0.4, -0.2) is 35.5 Å². The molecular weight excluding hydrogens is 312 g/mol. The topological polar surface area (TPSA) is 98.8 Å². The second-order valence-corrected chi connectivity index (χ2v) is 5.64. The van der Waals surface area contributed by atoms with Gasteiger partial charge in [-0.3, -0.25) is 0 Å². The van der Waals surface area contributed by atoms with Crippen LogP contribution in [0.5, 0.6) is 0 Å². The van der Waals surface area contributed by atoms with E-state index in [2.05, 4.69) is 20.6 Å². The summed E-state index contributed by atoms with van der Waals surface area (Å²) in [6, 6.07) is 5.11. The molecular formula is C16H18N4O4. The third kappa shape index (κ3) is 2.82. The summed E-state index contributed by atoms with van der Waals surface area (Å²) in [6.07, 6.45) is -0.240. The predicted octanol–water partition coefficient (Wildman–Crippen LogP) is 2.10. The van der Waals surface area contributed by atoms with Gasteiger partial charge in [0.1, 0.15) is 17.1 Å². The highest BCUT2D eigenvalue weighted by atomic mass is 16.6. The Morgan fingerprint density at radius 2 is 2.12 bits per heavy atom. The summed E-state index contributed by atoms with van der Waals surface area (Å²) >= 11 is 0. The minimum atomic E-state index is -0.622. The molecule has 1 aromatic carbocycles. The molecule has 0 saturated heterocycles. The van der Waals surface area contributed by atoms with Gasteiger partial charge in [0.25, 0.3) is 6.02 Å². The Balaban J connectivity index is 2.12. The number of rotatable bonds is 3. The molecule has 1 atom stereocenters. The molecule has 8 heteroatoms.